The van der Waals surface area contributed by atoms with E-state index in [1.807, 2.05) is 38.1 Å². The quantitative estimate of drug-likeness (QED) is 0.691. The highest BCUT2D eigenvalue weighted by Crippen LogP contribution is 2.38. The van der Waals surface area contributed by atoms with Crippen molar-refractivity contribution in [1.82, 2.24) is 9.62 Å². The molecular formula is C23H27ClN2O3S2. The van der Waals surface area contributed by atoms with Crippen LogP contribution in [0, 0.1) is 19.8 Å². The molecule has 1 fully saturated rings. The van der Waals surface area contributed by atoms with E-state index in [2.05, 4.69) is 5.32 Å². The van der Waals surface area contributed by atoms with E-state index in [1.165, 1.54) is 4.31 Å². The molecule has 1 atom stereocenters. The van der Waals surface area contributed by atoms with Crippen molar-refractivity contribution < 1.29 is 13.2 Å². The fraction of sp³-hybridized carbons (Fsp3) is 0.435. The van der Waals surface area contributed by atoms with Gasteiger partial charge in [-0.2, -0.15) is 4.31 Å². The summed E-state index contributed by atoms with van der Waals surface area (Å²) in [5.74, 6) is 0.779. The van der Waals surface area contributed by atoms with Crippen LogP contribution in [0.3, 0.4) is 0 Å². The van der Waals surface area contributed by atoms with Crippen LogP contribution in [0.1, 0.15) is 42.0 Å². The van der Waals surface area contributed by atoms with E-state index < -0.39 is 10.0 Å². The molecule has 8 heteroatoms. The number of benzene rings is 2. The molecule has 2 aliphatic rings. The molecule has 1 amide bonds. The first-order chi connectivity index (χ1) is 14.8. The molecule has 2 aliphatic heterocycles. The van der Waals surface area contributed by atoms with Gasteiger partial charge in [-0.3, -0.25) is 4.79 Å². The Balaban J connectivity index is 1.40. The van der Waals surface area contributed by atoms with Gasteiger partial charge in [0.25, 0.3) is 0 Å². The van der Waals surface area contributed by atoms with E-state index in [0.29, 0.717) is 35.8 Å². The number of carbonyl (C=O) groups is 1. The number of aryl methyl sites for hydroxylation is 2. The van der Waals surface area contributed by atoms with Crippen LogP contribution in [-0.4, -0.2) is 37.5 Å². The molecule has 1 saturated heterocycles. The summed E-state index contributed by atoms with van der Waals surface area (Å²) < 4.78 is 27.6. The molecule has 0 saturated carbocycles. The fourth-order valence-electron chi connectivity index (χ4n) is 4.19. The summed E-state index contributed by atoms with van der Waals surface area (Å²) in [6.45, 7) is 4.60. The second-order valence-electron chi connectivity index (χ2n) is 8.30. The van der Waals surface area contributed by atoms with E-state index in [9.17, 15) is 13.2 Å². The van der Waals surface area contributed by atoms with Gasteiger partial charge in [-0.25, -0.2) is 8.42 Å². The topological polar surface area (TPSA) is 66.5 Å². The van der Waals surface area contributed by atoms with E-state index in [4.69, 9.17) is 11.6 Å². The summed E-state index contributed by atoms with van der Waals surface area (Å²) in [5, 5.41) is 3.86. The first-order valence-corrected chi connectivity index (χ1v) is 13.4. The minimum absolute atomic E-state index is 0.00561. The average molecular weight is 479 g/mol. The van der Waals surface area contributed by atoms with Gasteiger partial charge in [-0.05, 0) is 80.1 Å². The van der Waals surface area contributed by atoms with E-state index in [1.54, 1.807) is 23.9 Å². The summed E-state index contributed by atoms with van der Waals surface area (Å²) in [6, 6.07) is 11.0. The van der Waals surface area contributed by atoms with Crippen molar-refractivity contribution in [2.45, 2.75) is 48.9 Å². The van der Waals surface area contributed by atoms with Gasteiger partial charge in [0.2, 0.25) is 15.9 Å². The van der Waals surface area contributed by atoms with Gasteiger partial charge < -0.3 is 5.32 Å². The number of sulfonamides is 1. The summed E-state index contributed by atoms with van der Waals surface area (Å²) in [7, 11) is -3.54. The number of piperidine rings is 1. The molecule has 0 aromatic heterocycles. The highest BCUT2D eigenvalue weighted by Gasteiger charge is 2.33. The number of amides is 1. The minimum Gasteiger partial charge on any atom is -0.349 e. The predicted octanol–water partition coefficient (Wildman–Crippen LogP) is 4.71. The van der Waals surface area contributed by atoms with Gasteiger partial charge in [0, 0.05) is 34.7 Å². The number of thioether (sulfide) groups is 1. The number of hydrogen-bond acceptors (Lipinski definition) is 4. The van der Waals surface area contributed by atoms with Crippen LogP contribution >= 0.6 is 23.4 Å². The maximum absolute atomic E-state index is 13.0. The van der Waals surface area contributed by atoms with E-state index >= 15 is 0 Å². The third-order valence-corrected chi connectivity index (χ3v) is 9.52. The van der Waals surface area contributed by atoms with Crippen molar-refractivity contribution in [2.75, 3.05) is 18.8 Å². The highest BCUT2D eigenvalue weighted by atomic mass is 35.5. The summed E-state index contributed by atoms with van der Waals surface area (Å²) in [6.07, 6.45) is 1.92. The van der Waals surface area contributed by atoms with Crippen LogP contribution in [-0.2, 0) is 14.8 Å². The maximum Gasteiger partial charge on any atom is 0.243 e. The normalized spacial score (nSPS) is 20.3. The van der Waals surface area contributed by atoms with Crippen LogP contribution in [0.2, 0.25) is 5.02 Å². The van der Waals surface area contributed by atoms with E-state index in [0.717, 1.165) is 33.8 Å². The van der Waals surface area contributed by atoms with Crippen molar-refractivity contribution in [1.29, 1.82) is 0 Å². The molecule has 0 unspecified atom stereocenters. The second kappa shape index (κ2) is 9.14. The zero-order valence-corrected chi connectivity index (χ0v) is 20.1. The zero-order valence-electron chi connectivity index (χ0n) is 17.7. The lowest BCUT2D eigenvalue weighted by atomic mass is 9.95. The molecule has 2 aromatic rings. The van der Waals surface area contributed by atoms with Crippen molar-refractivity contribution in [3.63, 3.8) is 0 Å². The summed E-state index contributed by atoms with van der Waals surface area (Å²) in [5.41, 5.74) is 3.10. The number of carbonyl (C=O) groups excluding carboxylic acids is 1. The van der Waals surface area contributed by atoms with Gasteiger partial charge in [0.1, 0.15) is 0 Å². The first kappa shape index (κ1) is 22.6. The predicted molar refractivity (Wildman–Crippen MR) is 125 cm³/mol. The summed E-state index contributed by atoms with van der Waals surface area (Å²) in [4.78, 5) is 14.4. The first-order valence-electron chi connectivity index (χ1n) is 10.6. The Hall–Kier alpha value is -1.54. The molecule has 1 N–H and O–H groups in total. The van der Waals surface area contributed by atoms with Gasteiger partial charge in [0.15, 0.2) is 0 Å². The highest BCUT2D eigenvalue weighted by molar-refractivity contribution is 7.99. The SMILES string of the molecule is Cc1ccc(S(=O)(=O)N2CCC(C(=O)N[C@@H]3CCSc4ccc(Cl)cc43)CC2)cc1C. The van der Waals surface area contributed by atoms with Crippen molar-refractivity contribution >= 4 is 39.3 Å². The van der Waals surface area contributed by atoms with Crippen molar-refractivity contribution in [3.8, 4) is 0 Å². The molecule has 166 valence electrons. The Labute approximate surface area is 193 Å². The van der Waals surface area contributed by atoms with Crippen molar-refractivity contribution in [2.24, 2.45) is 5.92 Å². The number of fused-ring (bicyclic) bond motifs is 1. The Morgan fingerprint density at radius 2 is 1.81 bits per heavy atom. The van der Waals surface area contributed by atoms with Crippen LogP contribution in [0.4, 0.5) is 0 Å². The smallest absolute Gasteiger partial charge is 0.243 e. The van der Waals surface area contributed by atoms with E-state index in [-0.39, 0.29) is 17.9 Å². The number of rotatable bonds is 4. The molecular weight excluding hydrogens is 452 g/mol. The number of hydrogen-bond donors (Lipinski definition) is 1. The Morgan fingerprint density at radius 1 is 1.06 bits per heavy atom. The molecule has 4 rings (SSSR count). The molecule has 0 bridgehead atoms. The lowest BCUT2D eigenvalue weighted by Crippen LogP contribution is -2.44. The average Bonchev–Trinajstić information content (AvgIpc) is 2.76. The number of nitrogens with zero attached hydrogens (tertiary/aromatic N) is 1. The maximum atomic E-state index is 13.0. The molecule has 2 aromatic carbocycles. The van der Waals surface area contributed by atoms with Crippen LogP contribution < -0.4 is 5.32 Å². The van der Waals surface area contributed by atoms with Crippen molar-refractivity contribution in [3.05, 3.63) is 58.1 Å². The number of halogens is 1. The molecule has 5 nitrogen and oxygen atoms in total. The lowest BCUT2D eigenvalue weighted by Gasteiger charge is -2.32. The van der Waals surface area contributed by atoms with Crippen LogP contribution in [0.25, 0.3) is 0 Å². The van der Waals surface area contributed by atoms with Crippen LogP contribution in [0.15, 0.2) is 46.2 Å². The molecule has 0 spiro atoms. The Bertz CT molecular complexity index is 1100. The summed E-state index contributed by atoms with van der Waals surface area (Å²) >= 11 is 7.95. The number of nitrogens with one attached hydrogen (secondary N) is 1. The Morgan fingerprint density at radius 3 is 2.52 bits per heavy atom. The largest absolute Gasteiger partial charge is 0.349 e. The molecule has 0 radical (unpaired) electrons. The van der Waals surface area contributed by atoms with Gasteiger partial charge in [-0.15, -0.1) is 11.8 Å². The third kappa shape index (κ3) is 4.80. The second-order valence-corrected chi connectivity index (χ2v) is 11.8. The zero-order chi connectivity index (χ0) is 22.2. The minimum atomic E-state index is -3.54. The fourth-order valence-corrected chi connectivity index (χ4v) is 7.03. The van der Waals surface area contributed by atoms with Crippen LogP contribution in [0.5, 0.6) is 0 Å². The van der Waals surface area contributed by atoms with Gasteiger partial charge in [0.05, 0.1) is 10.9 Å². The molecule has 2 heterocycles. The molecule has 31 heavy (non-hydrogen) atoms. The molecule has 0 aliphatic carbocycles. The monoisotopic (exact) mass is 478 g/mol. The Kier molecular flexibility index (Phi) is 6.68. The third-order valence-electron chi connectivity index (χ3n) is 6.27. The van der Waals surface area contributed by atoms with Gasteiger partial charge >= 0.3 is 0 Å². The lowest BCUT2D eigenvalue weighted by molar-refractivity contribution is -0.126. The van der Waals surface area contributed by atoms with Gasteiger partial charge in [-0.1, -0.05) is 17.7 Å². The standard InChI is InChI=1S/C23H27ClN2O3S2/c1-15-3-5-19(13-16(15)2)31(28,29)26-10-7-17(8-11-26)23(27)25-21-9-12-30-22-6-4-18(24)14-20(21)22/h3-6,13-14,17,21H,7-12H2,1-2H3,(H,25,27)/t21-/m1/s1.